The Balaban J connectivity index is 1.65. The van der Waals surface area contributed by atoms with Crippen molar-refractivity contribution >= 4 is 50.2 Å². The zero-order valence-corrected chi connectivity index (χ0v) is 16.1. The average Bonchev–Trinajstić information content (AvgIpc) is 3.13. The number of rotatable bonds is 3. The molecular weight excluding hydrogens is 412 g/mol. The van der Waals surface area contributed by atoms with Crippen LogP contribution in [-0.2, 0) is 0 Å². The van der Waals surface area contributed by atoms with Crippen LogP contribution in [0.4, 0.5) is 5.13 Å². The quantitative estimate of drug-likeness (QED) is 0.544. The van der Waals surface area contributed by atoms with Gasteiger partial charge in [0.2, 0.25) is 5.13 Å². The summed E-state index contributed by atoms with van der Waals surface area (Å²) in [5.41, 5.74) is 3.12. The van der Waals surface area contributed by atoms with Gasteiger partial charge < -0.3 is 5.11 Å². The van der Waals surface area contributed by atoms with Gasteiger partial charge in [-0.15, -0.1) is 0 Å². The molecule has 0 saturated carbocycles. The third kappa shape index (κ3) is 2.91. The molecule has 0 fully saturated rings. The molecule has 4 nitrogen and oxygen atoms in total. The lowest BCUT2D eigenvalue weighted by Crippen LogP contribution is -1.99. The fourth-order valence-electron chi connectivity index (χ4n) is 2.84. The predicted octanol–water partition coefficient (Wildman–Crippen LogP) is 5.75. The Morgan fingerprint density at radius 2 is 1.81 bits per heavy atom. The summed E-state index contributed by atoms with van der Waals surface area (Å²) in [6, 6.07) is 14.9. The van der Waals surface area contributed by atoms with Gasteiger partial charge in [-0.2, -0.15) is 0 Å². The van der Waals surface area contributed by atoms with Gasteiger partial charge in [0.25, 0.3) is 0 Å². The first-order chi connectivity index (χ1) is 12.5. The zero-order valence-electron chi connectivity index (χ0n) is 13.7. The molecule has 0 unspecified atom stereocenters. The molecule has 1 heterocycles. The lowest BCUT2D eigenvalue weighted by Gasteiger charge is -1.98. The Bertz CT molecular complexity index is 1080. The number of aromatic nitrogens is 1. The van der Waals surface area contributed by atoms with E-state index in [9.17, 15) is 9.90 Å². The van der Waals surface area contributed by atoms with Crippen molar-refractivity contribution in [2.45, 2.75) is 6.92 Å². The molecule has 1 aliphatic carbocycles. The lowest BCUT2D eigenvalue weighted by atomic mass is 10.1. The van der Waals surface area contributed by atoms with Crippen LogP contribution >= 0.6 is 27.3 Å². The van der Waals surface area contributed by atoms with E-state index < -0.39 is 0 Å². The summed E-state index contributed by atoms with van der Waals surface area (Å²) in [4.78, 5) is 22.4. The SMILES string of the molecule is Cc1sc(N=CC2=C(O)c3ccccc3C2=O)nc1-c1ccc(Br)cc1. The van der Waals surface area contributed by atoms with Crippen LogP contribution in [0.15, 0.2) is 63.6 Å². The fourth-order valence-corrected chi connectivity index (χ4v) is 3.88. The van der Waals surface area contributed by atoms with Crippen molar-refractivity contribution in [2.24, 2.45) is 4.99 Å². The van der Waals surface area contributed by atoms with E-state index in [-0.39, 0.29) is 17.1 Å². The van der Waals surface area contributed by atoms with Gasteiger partial charge in [-0.1, -0.05) is 63.7 Å². The number of halogens is 1. The Morgan fingerprint density at radius 1 is 1.12 bits per heavy atom. The van der Waals surface area contributed by atoms with E-state index in [1.165, 1.54) is 17.6 Å². The Hall–Kier alpha value is -2.57. The van der Waals surface area contributed by atoms with Crippen LogP contribution in [0.25, 0.3) is 17.0 Å². The number of aliphatic hydroxyl groups excluding tert-OH is 1. The third-order valence-electron chi connectivity index (χ3n) is 4.13. The third-order valence-corrected chi connectivity index (χ3v) is 5.54. The van der Waals surface area contributed by atoms with Crippen molar-refractivity contribution in [3.63, 3.8) is 0 Å². The molecule has 0 spiro atoms. The van der Waals surface area contributed by atoms with E-state index in [2.05, 4.69) is 25.9 Å². The minimum Gasteiger partial charge on any atom is -0.506 e. The smallest absolute Gasteiger partial charge is 0.209 e. The number of nitrogens with zero attached hydrogens (tertiary/aromatic N) is 2. The molecule has 26 heavy (non-hydrogen) atoms. The maximum atomic E-state index is 12.4. The molecule has 1 aliphatic rings. The zero-order chi connectivity index (χ0) is 18.3. The van der Waals surface area contributed by atoms with Crippen molar-refractivity contribution < 1.29 is 9.90 Å². The molecule has 2 aromatic carbocycles. The van der Waals surface area contributed by atoms with Crippen molar-refractivity contribution in [1.82, 2.24) is 4.98 Å². The fraction of sp³-hybridized carbons (Fsp3) is 0.0500. The van der Waals surface area contributed by atoms with Crippen LogP contribution in [0.5, 0.6) is 0 Å². The molecule has 0 saturated heterocycles. The van der Waals surface area contributed by atoms with Gasteiger partial charge in [-0.05, 0) is 19.1 Å². The topological polar surface area (TPSA) is 62.6 Å². The first-order valence-corrected chi connectivity index (χ1v) is 9.50. The molecule has 0 atom stereocenters. The summed E-state index contributed by atoms with van der Waals surface area (Å²) in [5.74, 6) is -0.251. The number of aliphatic hydroxyl groups is 1. The van der Waals surface area contributed by atoms with E-state index in [4.69, 9.17) is 0 Å². The number of hydrogen-bond acceptors (Lipinski definition) is 5. The summed E-state index contributed by atoms with van der Waals surface area (Å²) >= 11 is 4.87. The molecule has 0 aliphatic heterocycles. The summed E-state index contributed by atoms with van der Waals surface area (Å²) in [6.45, 7) is 1.99. The first-order valence-electron chi connectivity index (χ1n) is 7.89. The highest BCUT2D eigenvalue weighted by Gasteiger charge is 2.28. The van der Waals surface area contributed by atoms with E-state index >= 15 is 0 Å². The van der Waals surface area contributed by atoms with Crippen molar-refractivity contribution in [3.05, 3.63) is 74.6 Å². The normalized spacial score (nSPS) is 13.7. The first kappa shape index (κ1) is 16.9. The van der Waals surface area contributed by atoms with Gasteiger partial charge in [0, 0.05) is 32.3 Å². The second kappa shape index (κ2) is 6.63. The number of aryl methyl sites for hydroxylation is 1. The molecule has 1 N–H and O–H groups in total. The number of ketones is 1. The largest absolute Gasteiger partial charge is 0.506 e. The van der Waals surface area contributed by atoms with E-state index in [0.29, 0.717) is 16.3 Å². The second-order valence-electron chi connectivity index (χ2n) is 5.80. The van der Waals surface area contributed by atoms with E-state index in [1.54, 1.807) is 24.3 Å². The summed E-state index contributed by atoms with van der Waals surface area (Å²) in [6.07, 6.45) is 1.40. The van der Waals surface area contributed by atoms with Gasteiger partial charge in [0.1, 0.15) is 5.76 Å². The molecule has 6 heteroatoms. The molecule has 128 valence electrons. The number of carbonyl (C=O) groups is 1. The van der Waals surface area contributed by atoms with Gasteiger partial charge in [0.05, 0.1) is 11.3 Å². The molecule has 3 aromatic rings. The molecule has 0 bridgehead atoms. The number of aliphatic imine (C=N–C) groups is 1. The predicted molar refractivity (Wildman–Crippen MR) is 108 cm³/mol. The number of carbonyl (C=O) groups excluding carboxylic acids is 1. The number of hydrogen-bond donors (Lipinski definition) is 1. The Labute approximate surface area is 162 Å². The molecule has 0 radical (unpaired) electrons. The van der Waals surface area contributed by atoms with Crippen LogP contribution < -0.4 is 0 Å². The second-order valence-corrected chi connectivity index (χ2v) is 7.90. The van der Waals surface area contributed by atoms with Crippen molar-refractivity contribution in [3.8, 4) is 11.3 Å². The van der Waals surface area contributed by atoms with Gasteiger partial charge in [-0.3, -0.25) is 4.79 Å². The van der Waals surface area contributed by atoms with Gasteiger partial charge >= 0.3 is 0 Å². The van der Waals surface area contributed by atoms with Crippen LogP contribution in [0.1, 0.15) is 20.8 Å². The molecule has 0 amide bonds. The molecule has 4 rings (SSSR count). The number of fused-ring (bicyclic) bond motifs is 1. The van der Waals surface area contributed by atoms with Crippen LogP contribution in [0.3, 0.4) is 0 Å². The highest BCUT2D eigenvalue weighted by molar-refractivity contribution is 9.10. The minimum atomic E-state index is -0.219. The van der Waals surface area contributed by atoms with Crippen molar-refractivity contribution in [2.75, 3.05) is 0 Å². The van der Waals surface area contributed by atoms with Crippen molar-refractivity contribution in [1.29, 1.82) is 0 Å². The standard InChI is InChI=1S/C20H13BrN2O2S/c1-11-17(12-6-8-13(21)9-7-12)23-20(26-11)22-10-16-18(24)14-4-2-3-5-15(14)19(16)25/h2-10,24H,1H3. The van der Waals surface area contributed by atoms with Gasteiger partial charge in [0.15, 0.2) is 5.78 Å². The van der Waals surface area contributed by atoms with Gasteiger partial charge in [-0.25, -0.2) is 9.98 Å². The summed E-state index contributed by atoms with van der Waals surface area (Å²) in [7, 11) is 0. The molecular formula is C20H13BrN2O2S. The van der Waals surface area contributed by atoms with Crippen LogP contribution in [-0.4, -0.2) is 22.1 Å². The van der Waals surface area contributed by atoms with E-state index in [1.807, 2.05) is 31.2 Å². The Morgan fingerprint density at radius 3 is 2.50 bits per heavy atom. The lowest BCUT2D eigenvalue weighted by molar-refractivity contribution is 0.104. The summed E-state index contributed by atoms with van der Waals surface area (Å²) in [5, 5.41) is 10.8. The number of Topliss-reactive ketones (excluding diaryl/α,β-unsaturated/α-hetero) is 1. The number of thiazole rings is 1. The monoisotopic (exact) mass is 424 g/mol. The maximum Gasteiger partial charge on any atom is 0.209 e. The highest BCUT2D eigenvalue weighted by atomic mass is 79.9. The van der Waals surface area contributed by atoms with Crippen LogP contribution in [0, 0.1) is 6.92 Å². The summed E-state index contributed by atoms with van der Waals surface area (Å²) < 4.78 is 1.01. The maximum absolute atomic E-state index is 12.4. The molecule has 1 aromatic heterocycles. The highest BCUT2D eigenvalue weighted by Crippen LogP contribution is 2.34. The number of benzene rings is 2. The number of allylic oxidation sites excluding steroid dienone is 1. The average molecular weight is 425 g/mol. The minimum absolute atomic E-state index is 0.0317. The Kier molecular flexibility index (Phi) is 4.30. The van der Waals surface area contributed by atoms with Crippen LogP contribution in [0.2, 0.25) is 0 Å². The van der Waals surface area contributed by atoms with E-state index in [0.717, 1.165) is 20.6 Å².